The second-order valence-corrected chi connectivity index (χ2v) is 9.76. The highest BCUT2D eigenvalue weighted by Crippen LogP contribution is 2.59. The molecule has 2 aliphatic carbocycles. The second kappa shape index (κ2) is 5.63. The molecule has 1 nitrogen and oxygen atoms in total. The zero-order valence-corrected chi connectivity index (χ0v) is 17.0. The third kappa shape index (κ3) is 2.41. The average Bonchev–Trinajstić information content (AvgIpc) is 2.86. The van der Waals surface area contributed by atoms with Crippen LogP contribution in [0.15, 0.2) is 16.5 Å². The van der Waals surface area contributed by atoms with Crippen LogP contribution in [-0.2, 0) is 11.8 Å². The van der Waals surface area contributed by atoms with E-state index in [4.69, 9.17) is 4.42 Å². The minimum atomic E-state index is 0.257. The van der Waals surface area contributed by atoms with Crippen molar-refractivity contribution in [1.82, 2.24) is 0 Å². The molecule has 2 aromatic rings. The van der Waals surface area contributed by atoms with Gasteiger partial charge in [0, 0.05) is 16.9 Å². The van der Waals surface area contributed by atoms with Gasteiger partial charge in [-0.2, -0.15) is 0 Å². The second-order valence-electron chi connectivity index (χ2n) is 9.76. The summed E-state index contributed by atoms with van der Waals surface area (Å²) in [6.07, 6.45) is 7.71. The molecule has 1 heterocycles. The van der Waals surface area contributed by atoms with Gasteiger partial charge in [-0.15, -0.1) is 0 Å². The molecule has 136 valence electrons. The Bertz CT molecular complexity index is 809. The summed E-state index contributed by atoms with van der Waals surface area (Å²) in [7, 11) is 0. The Balaban J connectivity index is 2.02. The van der Waals surface area contributed by atoms with E-state index in [1.54, 1.807) is 5.56 Å². The molecule has 3 unspecified atom stereocenters. The molecule has 1 aromatic heterocycles. The predicted molar refractivity (Wildman–Crippen MR) is 106 cm³/mol. The molecule has 1 saturated carbocycles. The van der Waals surface area contributed by atoms with Gasteiger partial charge in [0.1, 0.15) is 11.3 Å². The lowest BCUT2D eigenvalue weighted by atomic mass is 9.53. The van der Waals surface area contributed by atoms with Crippen molar-refractivity contribution in [1.29, 1.82) is 0 Å². The summed E-state index contributed by atoms with van der Waals surface area (Å²) >= 11 is 0. The maximum absolute atomic E-state index is 6.55. The van der Waals surface area contributed by atoms with Crippen LogP contribution < -0.4 is 0 Å². The molecule has 4 rings (SSSR count). The van der Waals surface area contributed by atoms with Crippen LogP contribution in [0.3, 0.4) is 0 Å². The molecule has 0 N–H and O–H groups in total. The van der Waals surface area contributed by atoms with E-state index in [0.29, 0.717) is 11.3 Å². The highest BCUT2D eigenvalue weighted by Gasteiger charge is 2.51. The van der Waals surface area contributed by atoms with Gasteiger partial charge in [0.05, 0.1) is 0 Å². The number of benzene rings is 1. The molecular formula is C24H34O. The predicted octanol–water partition coefficient (Wildman–Crippen LogP) is 7.28. The number of aryl methyl sites for hydroxylation is 2. The van der Waals surface area contributed by atoms with Crippen molar-refractivity contribution in [2.45, 2.75) is 91.4 Å². The molecule has 25 heavy (non-hydrogen) atoms. The Hall–Kier alpha value is -1.24. The number of furan rings is 1. The molecule has 3 atom stereocenters. The van der Waals surface area contributed by atoms with Crippen molar-refractivity contribution in [2.24, 2.45) is 11.3 Å². The van der Waals surface area contributed by atoms with Gasteiger partial charge in [0.2, 0.25) is 0 Å². The summed E-state index contributed by atoms with van der Waals surface area (Å²) < 4.78 is 6.55. The zero-order valence-electron chi connectivity index (χ0n) is 17.0. The van der Waals surface area contributed by atoms with Gasteiger partial charge in [-0.05, 0) is 79.0 Å². The van der Waals surface area contributed by atoms with Crippen molar-refractivity contribution in [3.63, 3.8) is 0 Å². The van der Waals surface area contributed by atoms with Crippen LogP contribution >= 0.6 is 0 Å². The first-order valence-electron chi connectivity index (χ1n) is 10.3. The summed E-state index contributed by atoms with van der Waals surface area (Å²) in [5.41, 5.74) is 6.22. The molecule has 0 spiro atoms. The number of hydrogen-bond acceptors (Lipinski definition) is 1. The Kier molecular flexibility index (Phi) is 3.87. The summed E-state index contributed by atoms with van der Waals surface area (Å²) in [5.74, 6) is 2.58. The van der Waals surface area contributed by atoms with Gasteiger partial charge in [0.15, 0.2) is 0 Å². The first-order chi connectivity index (χ1) is 11.8. The number of fused-ring (bicyclic) bond motifs is 5. The van der Waals surface area contributed by atoms with E-state index in [2.05, 4.69) is 53.7 Å². The van der Waals surface area contributed by atoms with E-state index >= 15 is 0 Å². The van der Waals surface area contributed by atoms with Gasteiger partial charge < -0.3 is 4.42 Å². The van der Waals surface area contributed by atoms with Crippen LogP contribution in [0.2, 0.25) is 0 Å². The minimum Gasteiger partial charge on any atom is -0.460 e. The van der Waals surface area contributed by atoms with Crippen LogP contribution in [0.25, 0.3) is 11.0 Å². The molecule has 1 fully saturated rings. The van der Waals surface area contributed by atoms with E-state index in [1.807, 2.05) is 0 Å². The van der Waals surface area contributed by atoms with Gasteiger partial charge in [0.25, 0.3) is 0 Å². The van der Waals surface area contributed by atoms with Crippen molar-refractivity contribution in [3.05, 3.63) is 34.6 Å². The summed E-state index contributed by atoms with van der Waals surface area (Å²) in [5, 5.41) is 1.41. The molecule has 2 aliphatic rings. The molecule has 0 saturated heterocycles. The van der Waals surface area contributed by atoms with E-state index < -0.39 is 0 Å². The fourth-order valence-corrected chi connectivity index (χ4v) is 6.30. The molecule has 0 radical (unpaired) electrons. The fourth-order valence-electron chi connectivity index (χ4n) is 6.30. The summed E-state index contributed by atoms with van der Waals surface area (Å²) in [4.78, 5) is 0. The third-order valence-electron chi connectivity index (χ3n) is 7.69. The molecule has 1 heteroatoms. The molecular weight excluding hydrogens is 304 g/mol. The van der Waals surface area contributed by atoms with Crippen molar-refractivity contribution in [2.75, 3.05) is 0 Å². The Morgan fingerprint density at radius 3 is 2.60 bits per heavy atom. The smallest absolute Gasteiger partial charge is 0.134 e. The van der Waals surface area contributed by atoms with Gasteiger partial charge in [-0.25, -0.2) is 0 Å². The van der Waals surface area contributed by atoms with Crippen LogP contribution in [0.1, 0.15) is 95.1 Å². The average molecular weight is 339 g/mol. The maximum atomic E-state index is 6.55. The highest BCUT2D eigenvalue weighted by atomic mass is 16.3. The van der Waals surface area contributed by atoms with Crippen LogP contribution in [0.4, 0.5) is 0 Å². The Morgan fingerprint density at radius 2 is 1.88 bits per heavy atom. The molecule has 0 bridgehead atoms. The molecule has 1 aromatic carbocycles. The molecule has 0 aliphatic heterocycles. The van der Waals surface area contributed by atoms with Crippen LogP contribution in [-0.4, -0.2) is 0 Å². The van der Waals surface area contributed by atoms with Crippen molar-refractivity contribution >= 4 is 11.0 Å². The van der Waals surface area contributed by atoms with Gasteiger partial charge in [-0.3, -0.25) is 0 Å². The van der Waals surface area contributed by atoms with E-state index in [1.165, 1.54) is 54.4 Å². The summed E-state index contributed by atoms with van der Waals surface area (Å²) in [6, 6.07) is 4.75. The summed E-state index contributed by atoms with van der Waals surface area (Å²) in [6.45, 7) is 14.4. The largest absolute Gasteiger partial charge is 0.460 e. The topological polar surface area (TPSA) is 13.1 Å². The third-order valence-corrected chi connectivity index (χ3v) is 7.69. The minimum absolute atomic E-state index is 0.257. The first kappa shape index (κ1) is 17.2. The fraction of sp³-hybridized carbons (Fsp3) is 0.667. The quantitative estimate of drug-likeness (QED) is 0.532. The maximum Gasteiger partial charge on any atom is 0.134 e. The zero-order chi connectivity index (χ0) is 18.0. The SMILES string of the molecule is CCc1cc2c3c(oc2cc1C)C(C)CCC1C(C)(C)CCCC31C. The monoisotopic (exact) mass is 338 g/mol. The molecule has 0 amide bonds. The standard InChI is InChI=1S/C24H34O/c1-7-17-14-18-19(13-16(17)3)25-22-15(2)9-10-20-23(4,5)11-8-12-24(20,6)21(18)22/h13-15,20H,7-12H2,1-6H3. The van der Waals surface area contributed by atoms with E-state index in [9.17, 15) is 0 Å². The van der Waals surface area contributed by atoms with Crippen LogP contribution in [0.5, 0.6) is 0 Å². The lowest BCUT2D eigenvalue weighted by Gasteiger charge is -2.50. The lowest BCUT2D eigenvalue weighted by molar-refractivity contribution is 0.0504. The van der Waals surface area contributed by atoms with E-state index in [-0.39, 0.29) is 5.41 Å². The first-order valence-corrected chi connectivity index (χ1v) is 10.3. The van der Waals surface area contributed by atoms with Gasteiger partial charge in [-0.1, -0.05) is 41.0 Å². The van der Waals surface area contributed by atoms with Crippen molar-refractivity contribution < 1.29 is 4.42 Å². The number of hydrogen-bond donors (Lipinski definition) is 0. The number of rotatable bonds is 1. The van der Waals surface area contributed by atoms with Crippen LogP contribution in [0, 0.1) is 18.3 Å². The normalized spacial score (nSPS) is 31.4. The van der Waals surface area contributed by atoms with E-state index in [0.717, 1.165) is 17.9 Å². The Labute approximate surface area is 153 Å². The van der Waals surface area contributed by atoms with Gasteiger partial charge >= 0.3 is 0 Å². The van der Waals surface area contributed by atoms with Crippen molar-refractivity contribution in [3.8, 4) is 0 Å². The Morgan fingerprint density at radius 1 is 1.12 bits per heavy atom. The lowest BCUT2D eigenvalue weighted by Crippen LogP contribution is -2.44. The highest BCUT2D eigenvalue weighted by molar-refractivity contribution is 5.85.